The third-order valence-corrected chi connectivity index (χ3v) is 4.28. The molecule has 3 aliphatic rings. The fourth-order valence-corrected chi connectivity index (χ4v) is 2.96. The topological polar surface area (TPSA) is 44.7 Å². The van der Waals surface area contributed by atoms with Crippen LogP contribution in [0.1, 0.15) is 32.1 Å². The van der Waals surface area contributed by atoms with Gasteiger partial charge >= 0.3 is 0 Å². The van der Waals surface area contributed by atoms with E-state index in [1.54, 1.807) is 0 Å². The molecule has 0 bridgehead atoms. The van der Waals surface area contributed by atoms with Crippen LogP contribution in [0.25, 0.3) is 0 Å². The van der Waals surface area contributed by atoms with Gasteiger partial charge in [-0.1, -0.05) is 6.42 Å². The molecule has 88 valence electrons. The van der Waals surface area contributed by atoms with E-state index in [0.29, 0.717) is 5.92 Å². The summed E-state index contributed by atoms with van der Waals surface area (Å²) in [4.78, 5) is 19.0. The molecule has 2 aliphatic heterocycles. The van der Waals surface area contributed by atoms with Gasteiger partial charge in [0.15, 0.2) is 0 Å². The molecular weight excluding hydrogens is 202 g/mol. The summed E-state index contributed by atoms with van der Waals surface area (Å²) < 4.78 is 0. The molecule has 4 nitrogen and oxygen atoms in total. The number of nitrogens with one attached hydrogen (secondary N) is 1. The Morgan fingerprint density at radius 3 is 2.62 bits per heavy atom. The van der Waals surface area contributed by atoms with Crippen LogP contribution in [0, 0.1) is 5.92 Å². The summed E-state index contributed by atoms with van der Waals surface area (Å²) in [5, 5.41) is 3.30. The molecule has 1 saturated carbocycles. The molecule has 0 radical (unpaired) electrons. The third-order valence-electron chi connectivity index (χ3n) is 4.28. The second kappa shape index (κ2) is 3.55. The number of aliphatic imine (C=N–C) groups is 1. The fraction of sp³-hybridized carbons (Fsp3) is 0.833. The second-order valence-electron chi connectivity index (χ2n) is 5.24. The average molecular weight is 221 g/mol. The lowest BCUT2D eigenvalue weighted by Crippen LogP contribution is -2.48. The van der Waals surface area contributed by atoms with Gasteiger partial charge in [-0.15, -0.1) is 0 Å². The summed E-state index contributed by atoms with van der Waals surface area (Å²) >= 11 is 0. The Hall–Kier alpha value is -0.900. The quantitative estimate of drug-likeness (QED) is 0.711. The number of amides is 1. The van der Waals surface area contributed by atoms with Gasteiger partial charge in [0.25, 0.3) is 5.91 Å². The first kappa shape index (κ1) is 10.3. The molecular formula is C12H19N3O. The number of amidine groups is 1. The maximum atomic E-state index is 12.3. The lowest BCUT2D eigenvalue weighted by Gasteiger charge is -2.29. The first-order valence-electron chi connectivity index (χ1n) is 6.32. The number of nitrogens with zero attached hydrogens (tertiary/aromatic N) is 2. The van der Waals surface area contributed by atoms with Crippen molar-refractivity contribution in [3.63, 3.8) is 0 Å². The number of hydrogen-bond acceptors (Lipinski definition) is 3. The van der Waals surface area contributed by atoms with Gasteiger partial charge in [0, 0.05) is 13.0 Å². The van der Waals surface area contributed by atoms with E-state index in [-0.39, 0.29) is 5.91 Å². The van der Waals surface area contributed by atoms with Gasteiger partial charge in [-0.3, -0.25) is 9.79 Å². The molecule has 3 rings (SSSR count). The Kier molecular flexibility index (Phi) is 2.28. The van der Waals surface area contributed by atoms with Crippen molar-refractivity contribution >= 4 is 11.7 Å². The summed E-state index contributed by atoms with van der Waals surface area (Å²) in [6, 6.07) is 0. The van der Waals surface area contributed by atoms with Crippen molar-refractivity contribution in [2.24, 2.45) is 10.9 Å². The zero-order valence-corrected chi connectivity index (χ0v) is 9.83. The Morgan fingerprint density at radius 1 is 1.38 bits per heavy atom. The second-order valence-corrected chi connectivity index (χ2v) is 5.24. The Morgan fingerprint density at radius 2 is 2.06 bits per heavy atom. The molecule has 0 aromatic carbocycles. The van der Waals surface area contributed by atoms with Gasteiger partial charge in [0.2, 0.25) is 0 Å². The zero-order valence-electron chi connectivity index (χ0n) is 9.83. The predicted octanol–water partition coefficient (Wildman–Crippen LogP) is 0.779. The molecule has 0 aromatic heterocycles. The molecule has 0 atom stereocenters. The van der Waals surface area contributed by atoms with Crippen LogP contribution in [0.5, 0.6) is 0 Å². The smallest absolute Gasteiger partial charge is 0.255 e. The Labute approximate surface area is 96.1 Å². The molecule has 1 saturated heterocycles. The highest BCUT2D eigenvalue weighted by atomic mass is 16.2. The SMILES string of the molecule is CN1C(=O)C2(CCNCC2)N=C1C1CCC1. The van der Waals surface area contributed by atoms with Crippen molar-refractivity contribution in [2.45, 2.75) is 37.6 Å². The first-order valence-corrected chi connectivity index (χ1v) is 6.32. The van der Waals surface area contributed by atoms with E-state index < -0.39 is 5.54 Å². The maximum Gasteiger partial charge on any atom is 0.255 e. The lowest BCUT2D eigenvalue weighted by molar-refractivity contribution is -0.131. The molecule has 2 heterocycles. The van der Waals surface area contributed by atoms with Gasteiger partial charge in [0.1, 0.15) is 11.4 Å². The Bertz CT molecular complexity index is 340. The van der Waals surface area contributed by atoms with Gasteiger partial charge in [-0.2, -0.15) is 0 Å². The van der Waals surface area contributed by atoms with Gasteiger partial charge in [-0.25, -0.2) is 0 Å². The molecule has 0 unspecified atom stereocenters. The monoisotopic (exact) mass is 221 g/mol. The molecule has 4 heteroatoms. The van der Waals surface area contributed by atoms with Crippen molar-refractivity contribution in [2.75, 3.05) is 20.1 Å². The highest BCUT2D eigenvalue weighted by Crippen LogP contribution is 2.37. The number of rotatable bonds is 1. The van der Waals surface area contributed by atoms with Crippen LogP contribution in [-0.2, 0) is 4.79 Å². The van der Waals surface area contributed by atoms with E-state index in [1.165, 1.54) is 19.3 Å². The summed E-state index contributed by atoms with van der Waals surface area (Å²) in [5.41, 5.74) is -0.398. The van der Waals surface area contributed by atoms with Crippen molar-refractivity contribution in [3.8, 4) is 0 Å². The molecule has 16 heavy (non-hydrogen) atoms. The van der Waals surface area contributed by atoms with E-state index in [4.69, 9.17) is 4.99 Å². The van der Waals surface area contributed by atoms with Crippen molar-refractivity contribution < 1.29 is 4.79 Å². The third kappa shape index (κ3) is 1.32. The fourth-order valence-electron chi connectivity index (χ4n) is 2.96. The molecule has 0 aromatic rings. The van der Waals surface area contributed by atoms with Crippen LogP contribution < -0.4 is 5.32 Å². The molecule has 2 fully saturated rings. The predicted molar refractivity (Wildman–Crippen MR) is 62.4 cm³/mol. The highest BCUT2D eigenvalue weighted by Gasteiger charge is 2.49. The van der Waals surface area contributed by atoms with Gasteiger partial charge < -0.3 is 10.2 Å². The van der Waals surface area contributed by atoms with E-state index in [0.717, 1.165) is 31.8 Å². The number of likely N-dealkylation sites (N-methyl/N-ethyl adjacent to an activating group) is 1. The minimum absolute atomic E-state index is 0.232. The van der Waals surface area contributed by atoms with E-state index >= 15 is 0 Å². The zero-order chi connectivity index (χ0) is 11.2. The van der Waals surface area contributed by atoms with Crippen LogP contribution in [0.4, 0.5) is 0 Å². The number of carbonyl (C=O) groups excluding carboxylic acids is 1. The largest absolute Gasteiger partial charge is 0.317 e. The summed E-state index contributed by atoms with van der Waals surface area (Å²) in [6.45, 7) is 1.84. The van der Waals surface area contributed by atoms with Crippen LogP contribution in [0.15, 0.2) is 4.99 Å². The lowest BCUT2D eigenvalue weighted by atomic mass is 9.84. The van der Waals surface area contributed by atoms with Crippen LogP contribution >= 0.6 is 0 Å². The molecule has 1 spiro atoms. The van der Waals surface area contributed by atoms with E-state index in [9.17, 15) is 4.79 Å². The van der Waals surface area contributed by atoms with E-state index in [2.05, 4.69) is 5.32 Å². The number of carbonyl (C=O) groups is 1. The summed E-state index contributed by atoms with van der Waals surface area (Å²) in [7, 11) is 1.90. The maximum absolute atomic E-state index is 12.3. The van der Waals surface area contributed by atoms with Crippen molar-refractivity contribution in [1.29, 1.82) is 0 Å². The normalized spacial score (nSPS) is 29.4. The standard InChI is InChI=1S/C12H19N3O/c1-15-10(9-3-2-4-9)14-12(11(15)16)5-7-13-8-6-12/h9,13H,2-8H2,1H3. The highest BCUT2D eigenvalue weighted by molar-refractivity contribution is 6.09. The van der Waals surface area contributed by atoms with Crippen LogP contribution in [0.2, 0.25) is 0 Å². The Balaban J connectivity index is 1.88. The molecule has 1 N–H and O–H groups in total. The number of piperidine rings is 1. The molecule has 1 amide bonds. The van der Waals surface area contributed by atoms with Crippen molar-refractivity contribution in [3.05, 3.63) is 0 Å². The van der Waals surface area contributed by atoms with Gasteiger partial charge in [0.05, 0.1) is 0 Å². The van der Waals surface area contributed by atoms with Gasteiger partial charge in [-0.05, 0) is 38.8 Å². The van der Waals surface area contributed by atoms with Crippen molar-refractivity contribution in [1.82, 2.24) is 10.2 Å². The summed E-state index contributed by atoms with van der Waals surface area (Å²) in [6.07, 6.45) is 5.45. The first-order chi connectivity index (χ1) is 7.73. The molecule has 1 aliphatic carbocycles. The van der Waals surface area contributed by atoms with Crippen LogP contribution in [-0.4, -0.2) is 42.3 Å². The minimum Gasteiger partial charge on any atom is -0.317 e. The minimum atomic E-state index is -0.398. The van der Waals surface area contributed by atoms with E-state index in [1.807, 2.05) is 11.9 Å². The summed E-state index contributed by atoms with van der Waals surface area (Å²) in [5.74, 6) is 1.86. The average Bonchev–Trinajstić information content (AvgIpc) is 2.44. The van der Waals surface area contributed by atoms with Crippen LogP contribution in [0.3, 0.4) is 0 Å². The number of hydrogen-bond donors (Lipinski definition) is 1.